The van der Waals surface area contributed by atoms with Crippen LogP contribution in [0.25, 0.3) is 0 Å². The number of nitrogens with one attached hydrogen (secondary N) is 1. The van der Waals surface area contributed by atoms with E-state index in [0.717, 1.165) is 15.8 Å². The van der Waals surface area contributed by atoms with Gasteiger partial charge in [-0.3, -0.25) is 4.79 Å². The van der Waals surface area contributed by atoms with Gasteiger partial charge in [0.15, 0.2) is 0 Å². The van der Waals surface area contributed by atoms with Crippen molar-refractivity contribution in [2.75, 3.05) is 5.33 Å². The maximum Gasteiger partial charge on any atom is 0.261 e. The zero-order chi connectivity index (χ0) is 11.4. The Balaban J connectivity index is 2.60. The summed E-state index contributed by atoms with van der Waals surface area (Å²) in [5.74, 6) is 0.483. The summed E-state index contributed by atoms with van der Waals surface area (Å²) in [7, 11) is 0. The van der Waals surface area contributed by atoms with Crippen molar-refractivity contribution in [3.8, 4) is 0 Å². The van der Waals surface area contributed by atoms with E-state index in [9.17, 15) is 4.79 Å². The Hall–Kier alpha value is -0.350. The topological polar surface area (TPSA) is 29.1 Å². The highest BCUT2D eigenvalue weighted by Gasteiger charge is 2.16. The molecule has 0 aromatic carbocycles. The van der Waals surface area contributed by atoms with Crippen molar-refractivity contribution in [1.82, 2.24) is 5.32 Å². The van der Waals surface area contributed by atoms with E-state index in [2.05, 4.69) is 28.2 Å². The zero-order valence-corrected chi connectivity index (χ0v) is 11.6. The van der Waals surface area contributed by atoms with E-state index in [1.165, 1.54) is 11.3 Å². The minimum Gasteiger partial charge on any atom is -0.349 e. The van der Waals surface area contributed by atoms with E-state index in [0.29, 0.717) is 5.92 Å². The molecular weight excluding hydrogens is 274 g/mol. The molecule has 0 radical (unpaired) electrons. The quantitative estimate of drug-likeness (QED) is 0.848. The predicted octanol–water partition coefficient (Wildman–Crippen LogP) is 3.21. The third-order valence-electron chi connectivity index (χ3n) is 2.52. The molecular formula is C11H16BrNOS. The van der Waals surface area contributed by atoms with Gasteiger partial charge in [0.05, 0.1) is 4.88 Å². The lowest BCUT2D eigenvalue weighted by atomic mass is 10.1. The average molecular weight is 290 g/mol. The van der Waals surface area contributed by atoms with Gasteiger partial charge in [0.1, 0.15) is 0 Å². The highest BCUT2D eigenvalue weighted by Crippen LogP contribution is 2.16. The molecule has 0 saturated carbocycles. The average Bonchev–Trinajstić information content (AvgIpc) is 2.63. The molecule has 0 saturated heterocycles. The standard InChI is InChI=1S/C11H16BrNOS/c1-7-4-5-15-10(7)11(14)13-9(3)8(2)6-12/h4-5,8-9H,6H2,1-3H3,(H,13,14). The Kier molecular flexibility index (Phi) is 4.80. The maximum atomic E-state index is 11.8. The fraction of sp³-hybridized carbons (Fsp3) is 0.545. The Morgan fingerprint density at radius 2 is 2.27 bits per heavy atom. The van der Waals surface area contributed by atoms with Crippen LogP contribution in [0.4, 0.5) is 0 Å². The number of thiophene rings is 1. The van der Waals surface area contributed by atoms with Crippen molar-refractivity contribution in [3.63, 3.8) is 0 Å². The SMILES string of the molecule is Cc1ccsc1C(=O)NC(C)C(C)CBr. The van der Waals surface area contributed by atoms with E-state index in [-0.39, 0.29) is 11.9 Å². The number of hydrogen-bond donors (Lipinski definition) is 1. The van der Waals surface area contributed by atoms with E-state index in [1.807, 2.05) is 25.3 Å². The van der Waals surface area contributed by atoms with E-state index in [4.69, 9.17) is 0 Å². The molecule has 15 heavy (non-hydrogen) atoms. The highest BCUT2D eigenvalue weighted by molar-refractivity contribution is 9.09. The summed E-state index contributed by atoms with van der Waals surface area (Å²) in [6.07, 6.45) is 0. The first-order valence-electron chi connectivity index (χ1n) is 4.97. The van der Waals surface area contributed by atoms with Crippen molar-refractivity contribution in [1.29, 1.82) is 0 Å². The van der Waals surface area contributed by atoms with E-state index in [1.54, 1.807) is 0 Å². The molecule has 2 unspecified atom stereocenters. The summed E-state index contributed by atoms with van der Waals surface area (Å²) in [5.41, 5.74) is 1.05. The third kappa shape index (κ3) is 3.31. The number of carbonyl (C=O) groups is 1. The van der Waals surface area contributed by atoms with Crippen molar-refractivity contribution >= 4 is 33.2 Å². The first-order chi connectivity index (χ1) is 7.06. The number of rotatable bonds is 4. The summed E-state index contributed by atoms with van der Waals surface area (Å²) in [6.45, 7) is 6.11. The molecule has 0 bridgehead atoms. The fourth-order valence-electron chi connectivity index (χ4n) is 1.15. The number of halogens is 1. The fourth-order valence-corrected chi connectivity index (χ4v) is 2.54. The monoisotopic (exact) mass is 289 g/mol. The molecule has 84 valence electrons. The first-order valence-corrected chi connectivity index (χ1v) is 6.97. The summed E-state index contributed by atoms with van der Waals surface area (Å²) < 4.78 is 0. The Morgan fingerprint density at radius 3 is 2.73 bits per heavy atom. The van der Waals surface area contributed by atoms with Gasteiger partial charge in [0.25, 0.3) is 5.91 Å². The predicted molar refractivity (Wildman–Crippen MR) is 68.9 cm³/mol. The largest absolute Gasteiger partial charge is 0.349 e. The van der Waals surface area contributed by atoms with Gasteiger partial charge in [-0.05, 0) is 36.8 Å². The molecule has 1 aromatic heterocycles. The van der Waals surface area contributed by atoms with Gasteiger partial charge in [-0.1, -0.05) is 22.9 Å². The minimum absolute atomic E-state index is 0.0443. The molecule has 4 heteroatoms. The van der Waals surface area contributed by atoms with Crippen LogP contribution in [-0.2, 0) is 0 Å². The molecule has 2 nitrogen and oxygen atoms in total. The maximum absolute atomic E-state index is 11.8. The van der Waals surface area contributed by atoms with Gasteiger partial charge in [0.2, 0.25) is 0 Å². The molecule has 0 aliphatic heterocycles. The molecule has 1 amide bonds. The van der Waals surface area contributed by atoms with Crippen LogP contribution in [0.3, 0.4) is 0 Å². The lowest BCUT2D eigenvalue weighted by Gasteiger charge is -2.18. The van der Waals surface area contributed by atoms with Gasteiger partial charge in [-0.2, -0.15) is 0 Å². The van der Waals surface area contributed by atoms with Gasteiger partial charge in [-0.25, -0.2) is 0 Å². The van der Waals surface area contributed by atoms with Crippen LogP contribution < -0.4 is 5.32 Å². The molecule has 1 rings (SSSR count). The zero-order valence-electron chi connectivity index (χ0n) is 9.21. The lowest BCUT2D eigenvalue weighted by molar-refractivity contribution is 0.0935. The van der Waals surface area contributed by atoms with Crippen LogP contribution in [0, 0.1) is 12.8 Å². The smallest absolute Gasteiger partial charge is 0.261 e. The second kappa shape index (κ2) is 5.66. The summed E-state index contributed by atoms with van der Waals surface area (Å²) in [5, 5.41) is 5.86. The van der Waals surface area contributed by atoms with Gasteiger partial charge in [0, 0.05) is 11.4 Å². The number of aryl methyl sites for hydroxylation is 1. The third-order valence-corrected chi connectivity index (χ3v) is 4.56. The van der Waals surface area contributed by atoms with Gasteiger partial charge in [-0.15, -0.1) is 11.3 Å². The normalized spacial score (nSPS) is 14.7. The van der Waals surface area contributed by atoms with Gasteiger partial charge < -0.3 is 5.32 Å². The van der Waals surface area contributed by atoms with Crippen LogP contribution in [0.1, 0.15) is 29.1 Å². The Morgan fingerprint density at radius 1 is 1.60 bits per heavy atom. The number of hydrogen-bond acceptors (Lipinski definition) is 2. The summed E-state index contributed by atoms with van der Waals surface area (Å²) in [4.78, 5) is 12.7. The second-order valence-electron chi connectivity index (χ2n) is 3.83. The molecule has 0 fully saturated rings. The van der Waals surface area contributed by atoms with Crippen molar-refractivity contribution in [2.24, 2.45) is 5.92 Å². The van der Waals surface area contributed by atoms with Gasteiger partial charge >= 0.3 is 0 Å². The first kappa shape index (κ1) is 12.7. The molecule has 0 spiro atoms. The minimum atomic E-state index is 0.0443. The Labute approximate surface area is 103 Å². The summed E-state index contributed by atoms with van der Waals surface area (Å²) in [6, 6.07) is 2.16. The lowest BCUT2D eigenvalue weighted by Crippen LogP contribution is -2.37. The number of alkyl halides is 1. The van der Waals surface area contributed by atoms with E-state index >= 15 is 0 Å². The molecule has 0 aliphatic rings. The molecule has 2 atom stereocenters. The molecule has 0 aliphatic carbocycles. The van der Waals surface area contributed by atoms with Crippen molar-refractivity contribution in [2.45, 2.75) is 26.8 Å². The van der Waals surface area contributed by atoms with Crippen LogP contribution in [0.5, 0.6) is 0 Å². The number of amides is 1. The second-order valence-corrected chi connectivity index (χ2v) is 5.39. The molecule has 1 heterocycles. The summed E-state index contributed by atoms with van der Waals surface area (Å²) >= 11 is 4.92. The molecule has 1 N–H and O–H groups in total. The molecule has 1 aromatic rings. The van der Waals surface area contributed by atoms with Crippen LogP contribution >= 0.6 is 27.3 Å². The van der Waals surface area contributed by atoms with E-state index < -0.39 is 0 Å². The van der Waals surface area contributed by atoms with Crippen molar-refractivity contribution in [3.05, 3.63) is 21.9 Å². The highest BCUT2D eigenvalue weighted by atomic mass is 79.9. The van der Waals surface area contributed by atoms with Crippen LogP contribution in [-0.4, -0.2) is 17.3 Å². The Bertz CT molecular complexity index is 337. The number of carbonyl (C=O) groups excluding carboxylic acids is 1. The van der Waals surface area contributed by atoms with Crippen molar-refractivity contribution < 1.29 is 4.79 Å². The van der Waals surface area contributed by atoms with Crippen LogP contribution in [0.15, 0.2) is 11.4 Å². The van der Waals surface area contributed by atoms with Crippen LogP contribution in [0.2, 0.25) is 0 Å².